The van der Waals surface area contributed by atoms with Gasteiger partial charge in [0.1, 0.15) is 0 Å². The van der Waals surface area contributed by atoms with Crippen LogP contribution >= 0.6 is 11.3 Å². The summed E-state index contributed by atoms with van der Waals surface area (Å²) < 4.78 is 27.0. The van der Waals surface area contributed by atoms with Crippen molar-refractivity contribution in [2.24, 2.45) is 0 Å². The van der Waals surface area contributed by atoms with Crippen LogP contribution in [-0.2, 0) is 21.2 Å². The van der Waals surface area contributed by atoms with Crippen molar-refractivity contribution in [2.45, 2.75) is 43.5 Å². The highest BCUT2D eigenvalue weighted by atomic mass is 32.2. The van der Waals surface area contributed by atoms with Crippen molar-refractivity contribution in [1.82, 2.24) is 9.21 Å². The maximum Gasteiger partial charge on any atom is 0.243 e. The molecule has 1 aromatic heterocycles. The van der Waals surface area contributed by atoms with Crippen molar-refractivity contribution >= 4 is 27.3 Å². The summed E-state index contributed by atoms with van der Waals surface area (Å²) in [6.07, 6.45) is 3.18. The number of carbonyl (C=O) groups excluding carboxylic acids is 1. The lowest BCUT2D eigenvalue weighted by atomic mass is 10.1. The Bertz CT molecular complexity index is 855. The molecule has 1 aromatic carbocycles. The van der Waals surface area contributed by atoms with E-state index in [1.807, 2.05) is 31.5 Å². The van der Waals surface area contributed by atoms with E-state index in [4.69, 9.17) is 0 Å². The van der Waals surface area contributed by atoms with E-state index in [0.29, 0.717) is 18.0 Å². The van der Waals surface area contributed by atoms with E-state index < -0.39 is 10.0 Å². The molecule has 0 aliphatic carbocycles. The fourth-order valence-corrected chi connectivity index (χ4v) is 5.61. The van der Waals surface area contributed by atoms with Crippen LogP contribution in [0.2, 0.25) is 0 Å². The molecule has 2 aromatic rings. The number of piperidine rings is 1. The quantitative estimate of drug-likeness (QED) is 0.735. The summed E-state index contributed by atoms with van der Waals surface area (Å²) >= 11 is 1.64. The molecule has 1 aliphatic heterocycles. The molecule has 1 unspecified atom stereocenters. The highest BCUT2D eigenvalue weighted by molar-refractivity contribution is 7.89. The standard InChI is InChI=1S/C20H26N2O3S2/c1-16(19-7-6-14-26-19)21(2)20(23)15-17-8-10-18(11-9-17)27(24,25)22-12-4-3-5-13-22/h6-11,14,16H,3-5,12-13,15H2,1-2H3. The largest absolute Gasteiger partial charge is 0.338 e. The fraction of sp³-hybridized carbons (Fsp3) is 0.450. The molecular formula is C20H26N2O3S2. The summed E-state index contributed by atoms with van der Waals surface area (Å²) in [5.41, 5.74) is 0.822. The Kier molecular flexibility index (Phi) is 6.34. The van der Waals surface area contributed by atoms with Crippen LogP contribution in [0.15, 0.2) is 46.7 Å². The Balaban J connectivity index is 1.65. The molecule has 0 bridgehead atoms. The number of hydrogen-bond acceptors (Lipinski definition) is 4. The lowest BCUT2D eigenvalue weighted by molar-refractivity contribution is -0.131. The van der Waals surface area contributed by atoms with Gasteiger partial charge in [0, 0.05) is 25.0 Å². The average molecular weight is 407 g/mol. The third-order valence-electron chi connectivity index (χ3n) is 5.16. The predicted octanol–water partition coefficient (Wildman–Crippen LogP) is 3.68. The molecule has 0 saturated carbocycles. The SMILES string of the molecule is CC(c1cccs1)N(C)C(=O)Cc1ccc(S(=O)(=O)N2CCCCC2)cc1. The molecule has 1 fully saturated rings. The lowest BCUT2D eigenvalue weighted by Crippen LogP contribution is -2.35. The molecule has 0 radical (unpaired) electrons. The minimum Gasteiger partial charge on any atom is -0.338 e. The number of nitrogens with zero attached hydrogens (tertiary/aromatic N) is 2. The Morgan fingerprint density at radius 3 is 2.41 bits per heavy atom. The molecule has 2 heterocycles. The molecule has 1 atom stereocenters. The van der Waals surface area contributed by atoms with Crippen molar-refractivity contribution in [2.75, 3.05) is 20.1 Å². The number of thiophene rings is 1. The van der Waals surface area contributed by atoms with E-state index in [2.05, 4.69) is 0 Å². The van der Waals surface area contributed by atoms with Crippen molar-refractivity contribution < 1.29 is 13.2 Å². The van der Waals surface area contributed by atoms with Crippen LogP contribution < -0.4 is 0 Å². The molecule has 27 heavy (non-hydrogen) atoms. The Morgan fingerprint density at radius 1 is 1.15 bits per heavy atom. The number of rotatable bonds is 6. The minimum atomic E-state index is -3.43. The van der Waals surface area contributed by atoms with Gasteiger partial charge in [0.2, 0.25) is 15.9 Å². The maximum atomic E-state index is 12.7. The summed E-state index contributed by atoms with van der Waals surface area (Å²) in [4.78, 5) is 15.8. The molecule has 3 rings (SSSR count). The van der Waals surface area contributed by atoms with Crippen LogP contribution in [0.4, 0.5) is 0 Å². The van der Waals surface area contributed by atoms with E-state index in [9.17, 15) is 13.2 Å². The maximum absolute atomic E-state index is 12.7. The van der Waals surface area contributed by atoms with Crippen LogP contribution in [-0.4, -0.2) is 43.7 Å². The van der Waals surface area contributed by atoms with Crippen molar-refractivity contribution in [3.8, 4) is 0 Å². The Labute approximate surface area is 165 Å². The smallest absolute Gasteiger partial charge is 0.243 e. The van der Waals surface area contributed by atoms with Gasteiger partial charge in [-0.2, -0.15) is 4.31 Å². The van der Waals surface area contributed by atoms with Gasteiger partial charge in [-0.1, -0.05) is 24.6 Å². The van der Waals surface area contributed by atoms with Crippen LogP contribution in [0.3, 0.4) is 0 Å². The van der Waals surface area contributed by atoms with E-state index in [1.54, 1.807) is 44.8 Å². The van der Waals surface area contributed by atoms with E-state index in [0.717, 1.165) is 29.7 Å². The van der Waals surface area contributed by atoms with Crippen LogP contribution in [0.5, 0.6) is 0 Å². The number of hydrogen-bond donors (Lipinski definition) is 0. The van der Waals surface area contributed by atoms with Crippen molar-refractivity contribution in [3.05, 3.63) is 52.2 Å². The average Bonchev–Trinajstić information content (AvgIpc) is 3.22. The lowest BCUT2D eigenvalue weighted by Gasteiger charge is -2.26. The van der Waals surface area contributed by atoms with Gasteiger partial charge in [-0.3, -0.25) is 4.79 Å². The number of likely N-dealkylation sites (N-methyl/N-ethyl adjacent to an activating group) is 1. The van der Waals surface area contributed by atoms with Gasteiger partial charge < -0.3 is 4.90 Å². The molecule has 0 N–H and O–H groups in total. The van der Waals surface area contributed by atoms with Gasteiger partial charge in [-0.25, -0.2) is 8.42 Å². The first-order chi connectivity index (χ1) is 12.9. The Hall–Kier alpha value is -1.70. The van der Waals surface area contributed by atoms with Gasteiger partial charge in [0.15, 0.2) is 0 Å². The molecule has 1 amide bonds. The first-order valence-corrected chi connectivity index (χ1v) is 11.6. The van der Waals surface area contributed by atoms with Gasteiger partial charge in [-0.15, -0.1) is 11.3 Å². The third-order valence-corrected chi connectivity index (χ3v) is 8.12. The monoisotopic (exact) mass is 406 g/mol. The van der Waals surface area contributed by atoms with Gasteiger partial charge in [0.25, 0.3) is 0 Å². The summed E-state index contributed by atoms with van der Waals surface area (Å²) in [6, 6.07) is 10.8. The summed E-state index contributed by atoms with van der Waals surface area (Å²) in [6.45, 7) is 3.19. The van der Waals surface area contributed by atoms with Crippen molar-refractivity contribution in [3.63, 3.8) is 0 Å². The second-order valence-corrected chi connectivity index (χ2v) is 9.90. The second-order valence-electron chi connectivity index (χ2n) is 6.98. The zero-order valence-corrected chi connectivity index (χ0v) is 17.4. The first kappa shape index (κ1) is 20.0. The zero-order valence-electron chi connectivity index (χ0n) is 15.8. The predicted molar refractivity (Wildman–Crippen MR) is 108 cm³/mol. The van der Waals surface area contributed by atoms with Gasteiger partial charge in [0.05, 0.1) is 17.4 Å². The summed E-state index contributed by atoms with van der Waals surface area (Å²) in [7, 11) is -1.62. The third kappa shape index (κ3) is 4.59. The summed E-state index contributed by atoms with van der Waals surface area (Å²) in [5.74, 6) is 0.0162. The molecule has 7 heteroatoms. The molecule has 146 valence electrons. The van der Waals surface area contributed by atoms with Gasteiger partial charge in [-0.05, 0) is 48.9 Å². The van der Waals surface area contributed by atoms with Crippen molar-refractivity contribution in [1.29, 1.82) is 0 Å². The van der Waals surface area contributed by atoms with Crippen LogP contribution in [0.25, 0.3) is 0 Å². The normalized spacial score (nSPS) is 16.8. The highest BCUT2D eigenvalue weighted by Gasteiger charge is 2.26. The van der Waals surface area contributed by atoms with E-state index in [1.165, 1.54) is 0 Å². The second kappa shape index (κ2) is 8.54. The van der Waals surface area contributed by atoms with E-state index >= 15 is 0 Å². The molecular weight excluding hydrogens is 380 g/mol. The topological polar surface area (TPSA) is 57.7 Å². The fourth-order valence-electron chi connectivity index (χ4n) is 3.27. The minimum absolute atomic E-state index is 0.0162. The first-order valence-electron chi connectivity index (χ1n) is 9.28. The zero-order chi connectivity index (χ0) is 19.4. The number of sulfonamides is 1. The highest BCUT2D eigenvalue weighted by Crippen LogP contribution is 2.24. The van der Waals surface area contributed by atoms with Crippen LogP contribution in [0, 0.1) is 0 Å². The molecule has 1 saturated heterocycles. The number of carbonyl (C=O) groups is 1. The molecule has 1 aliphatic rings. The van der Waals surface area contributed by atoms with Gasteiger partial charge >= 0.3 is 0 Å². The molecule has 0 spiro atoms. The molecule has 5 nitrogen and oxygen atoms in total. The summed E-state index contributed by atoms with van der Waals surface area (Å²) in [5, 5.41) is 2.01. The number of benzene rings is 1. The Morgan fingerprint density at radius 2 is 1.81 bits per heavy atom. The van der Waals surface area contributed by atoms with Crippen LogP contribution in [0.1, 0.15) is 42.7 Å². The number of amides is 1. The van der Waals surface area contributed by atoms with E-state index in [-0.39, 0.29) is 18.4 Å².